The molecule has 0 aliphatic carbocycles. The van der Waals surface area contributed by atoms with E-state index in [2.05, 4.69) is 4.18 Å². The van der Waals surface area contributed by atoms with Crippen LogP contribution in [0.5, 0.6) is 0 Å². The molecule has 1 N–H and O–H groups in total. The lowest BCUT2D eigenvalue weighted by atomic mass is 10.4. The molecule has 104 valence electrons. The molecule has 0 atom stereocenters. The van der Waals surface area contributed by atoms with Gasteiger partial charge in [-0.1, -0.05) is 0 Å². The highest BCUT2D eigenvalue weighted by Crippen LogP contribution is 2.48. The number of rotatable bonds is 10. The molecule has 0 aromatic heterocycles. The molecule has 0 aliphatic heterocycles. The van der Waals surface area contributed by atoms with E-state index in [0.717, 1.165) is 0 Å². The van der Waals surface area contributed by atoms with Crippen LogP contribution in [0, 0.1) is 0 Å². The normalized spacial score (nSPS) is 12.9. The fourth-order valence-electron chi connectivity index (χ4n) is 1.13. The second kappa shape index (κ2) is 8.18. The fraction of sp³-hybridized carbons (Fsp3) is 1.00. The average Bonchev–Trinajstić information content (AvgIpc) is 2.16. The van der Waals surface area contributed by atoms with Gasteiger partial charge in [-0.2, -0.15) is 8.42 Å². The SMILES string of the molecule is CCOP(=O)(CCCCOS(=O)(=O)O)OCC. The zero-order chi connectivity index (χ0) is 13.4. The monoisotopic (exact) mass is 290 g/mol. The van der Waals surface area contributed by atoms with Crippen LogP contribution in [0.4, 0.5) is 0 Å². The van der Waals surface area contributed by atoms with Crippen molar-refractivity contribution in [2.24, 2.45) is 0 Å². The van der Waals surface area contributed by atoms with Crippen LogP contribution in [0.15, 0.2) is 0 Å². The van der Waals surface area contributed by atoms with Crippen LogP contribution in [0.25, 0.3) is 0 Å². The fourth-order valence-corrected chi connectivity index (χ4v) is 3.19. The van der Waals surface area contributed by atoms with Crippen LogP contribution in [-0.4, -0.2) is 39.0 Å². The lowest BCUT2D eigenvalue weighted by Gasteiger charge is -2.16. The zero-order valence-corrected chi connectivity index (χ0v) is 11.7. The highest BCUT2D eigenvalue weighted by molar-refractivity contribution is 7.80. The van der Waals surface area contributed by atoms with E-state index in [0.29, 0.717) is 26.1 Å². The maximum Gasteiger partial charge on any atom is 0.397 e. The van der Waals surface area contributed by atoms with Gasteiger partial charge in [0.15, 0.2) is 0 Å². The van der Waals surface area contributed by atoms with E-state index in [9.17, 15) is 13.0 Å². The summed E-state index contributed by atoms with van der Waals surface area (Å²) in [5.41, 5.74) is 0. The first kappa shape index (κ1) is 17.0. The van der Waals surface area contributed by atoms with Crippen molar-refractivity contribution < 1.29 is 30.8 Å². The molecule has 0 aromatic carbocycles. The first-order valence-electron chi connectivity index (χ1n) is 5.33. The summed E-state index contributed by atoms with van der Waals surface area (Å²) in [7, 11) is -7.46. The quantitative estimate of drug-likeness (QED) is 0.372. The maximum atomic E-state index is 11.9. The van der Waals surface area contributed by atoms with Crippen LogP contribution in [0.3, 0.4) is 0 Å². The Labute approximate surface area is 102 Å². The van der Waals surface area contributed by atoms with Gasteiger partial charge in [-0.05, 0) is 26.7 Å². The van der Waals surface area contributed by atoms with Crippen LogP contribution >= 0.6 is 7.60 Å². The predicted molar refractivity (Wildman–Crippen MR) is 62.5 cm³/mol. The maximum absolute atomic E-state index is 11.9. The highest BCUT2D eigenvalue weighted by Gasteiger charge is 2.22. The van der Waals surface area contributed by atoms with Gasteiger partial charge in [-0.25, -0.2) is 4.18 Å². The van der Waals surface area contributed by atoms with E-state index in [1.165, 1.54) is 0 Å². The first-order valence-corrected chi connectivity index (χ1v) is 8.42. The molecule has 7 nitrogen and oxygen atoms in total. The molecule has 0 radical (unpaired) electrons. The summed E-state index contributed by atoms with van der Waals surface area (Å²) in [5.74, 6) is 0. The Morgan fingerprint density at radius 1 is 1.12 bits per heavy atom. The molecule has 0 saturated heterocycles. The van der Waals surface area contributed by atoms with E-state index in [4.69, 9.17) is 13.6 Å². The van der Waals surface area contributed by atoms with Crippen LogP contribution in [0.2, 0.25) is 0 Å². The van der Waals surface area contributed by atoms with Gasteiger partial charge in [0.05, 0.1) is 26.0 Å². The van der Waals surface area contributed by atoms with Crippen molar-refractivity contribution in [3.63, 3.8) is 0 Å². The van der Waals surface area contributed by atoms with Gasteiger partial charge in [-0.15, -0.1) is 0 Å². The molecule has 0 unspecified atom stereocenters. The standard InChI is InChI=1S/C8H19O7PS/c1-3-13-16(9,14-4-2)8-6-5-7-15-17(10,11)12/h3-8H2,1-2H3,(H,10,11,12). The first-order chi connectivity index (χ1) is 7.83. The van der Waals surface area contributed by atoms with Gasteiger partial charge < -0.3 is 9.05 Å². The Balaban J connectivity index is 3.87. The van der Waals surface area contributed by atoms with Crippen molar-refractivity contribution in [1.29, 1.82) is 0 Å². The van der Waals surface area contributed by atoms with E-state index in [1.54, 1.807) is 13.8 Å². The summed E-state index contributed by atoms with van der Waals surface area (Å²) in [5, 5.41) is 0. The molecule has 0 bridgehead atoms. The van der Waals surface area contributed by atoms with Crippen molar-refractivity contribution in [1.82, 2.24) is 0 Å². The topological polar surface area (TPSA) is 99.1 Å². The summed E-state index contributed by atoms with van der Waals surface area (Å²) in [6, 6.07) is 0. The van der Waals surface area contributed by atoms with Gasteiger partial charge in [0.1, 0.15) is 0 Å². The molecule has 0 aromatic rings. The van der Waals surface area contributed by atoms with Gasteiger partial charge in [-0.3, -0.25) is 9.12 Å². The molecule has 0 fully saturated rings. The number of unbranched alkanes of at least 4 members (excludes halogenated alkanes) is 1. The smallest absolute Gasteiger partial charge is 0.309 e. The van der Waals surface area contributed by atoms with Gasteiger partial charge in [0, 0.05) is 0 Å². The lowest BCUT2D eigenvalue weighted by molar-refractivity contribution is 0.218. The van der Waals surface area contributed by atoms with Gasteiger partial charge in [0.2, 0.25) is 0 Å². The van der Waals surface area contributed by atoms with Crippen molar-refractivity contribution in [3.05, 3.63) is 0 Å². The molecule has 17 heavy (non-hydrogen) atoms. The second-order valence-corrected chi connectivity index (χ2v) is 6.40. The van der Waals surface area contributed by atoms with E-state index in [-0.39, 0.29) is 12.8 Å². The van der Waals surface area contributed by atoms with E-state index in [1.807, 2.05) is 0 Å². The van der Waals surface area contributed by atoms with Crippen molar-refractivity contribution in [3.8, 4) is 0 Å². The summed E-state index contributed by atoms with van der Waals surface area (Å²) < 4.78 is 54.9. The van der Waals surface area contributed by atoms with E-state index < -0.39 is 18.0 Å². The summed E-state index contributed by atoms with van der Waals surface area (Å²) >= 11 is 0. The Morgan fingerprint density at radius 2 is 1.65 bits per heavy atom. The van der Waals surface area contributed by atoms with Crippen LogP contribution in [0.1, 0.15) is 26.7 Å². The number of hydrogen-bond donors (Lipinski definition) is 1. The molecule has 0 aliphatic rings. The summed E-state index contributed by atoms with van der Waals surface area (Å²) in [6.45, 7) is 3.86. The van der Waals surface area contributed by atoms with Crippen molar-refractivity contribution in [2.45, 2.75) is 26.7 Å². The molecular formula is C8H19O7PS. The molecule has 0 saturated carbocycles. The van der Waals surface area contributed by atoms with Gasteiger partial charge >= 0.3 is 18.0 Å². The minimum Gasteiger partial charge on any atom is -0.309 e. The third kappa shape index (κ3) is 9.70. The minimum atomic E-state index is -4.39. The largest absolute Gasteiger partial charge is 0.397 e. The molecule has 0 amide bonds. The number of hydrogen-bond acceptors (Lipinski definition) is 6. The third-order valence-electron chi connectivity index (χ3n) is 1.71. The summed E-state index contributed by atoms with van der Waals surface area (Å²) in [4.78, 5) is 0. The Hall–Kier alpha value is 0.0200. The Kier molecular flexibility index (Phi) is 8.19. The molecule has 9 heteroatoms. The summed E-state index contributed by atoms with van der Waals surface area (Å²) in [6.07, 6.45) is 0.959. The van der Waals surface area contributed by atoms with Crippen molar-refractivity contribution >= 4 is 18.0 Å². The van der Waals surface area contributed by atoms with Gasteiger partial charge in [0.25, 0.3) is 0 Å². The molecule has 0 heterocycles. The molecular weight excluding hydrogens is 271 g/mol. The molecule has 0 spiro atoms. The van der Waals surface area contributed by atoms with E-state index >= 15 is 0 Å². The third-order valence-corrected chi connectivity index (χ3v) is 4.34. The highest BCUT2D eigenvalue weighted by atomic mass is 32.3. The predicted octanol–water partition coefficient (Wildman–Crippen LogP) is 1.85. The van der Waals surface area contributed by atoms with Crippen LogP contribution < -0.4 is 0 Å². The lowest BCUT2D eigenvalue weighted by Crippen LogP contribution is -2.06. The van der Waals surface area contributed by atoms with Crippen LogP contribution in [-0.2, 0) is 28.2 Å². The zero-order valence-electron chi connectivity index (χ0n) is 9.99. The van der Waals surface area contributed by atoms with Crippen molar-refractivity contribution in [2.75, 3.05) is 26.0 Å². The minimum absolute atomic E-state index is 0.156. The Bertz CT molecular complexity index is 330. The Morgan fingerprint density at radius 3 is 2.06 bits per heavy atom. The molecule has 0 rings (SSSR count). The average molecular weight is 290 g/mol. The second-order valence-electron chi connectivity index (χ2n) is 3.13.